The summed E-state index contributed by atoms with van der Waals surface area (Å²) in [7, 11) is 0. The number of nitrogens with zero attached hydrogens (tertiary/aromatic N) is 3. The van der Waals surface area contributed by atoms with Gasteiger partial charge in [0.1, 0.15) is 0 Å². The van der Waals surface area contributed by atoms with E-state index in [-0.39, 0.29) is 5.52 Å². The van der Waals surface area contributed by atoms with Gasteiger partial charge in [-0.15, -0.1) is 0 Å². The molecule has 0 bridgehead atoms. The third-order valence-corrected chi connectivity index (χ3v) is 5.41. The molecule has 6 rings (SSSR count). The minimum Gasteiger partial charge on any atom is -0.272 e. The molecule has 1 N–H and O–H groups in total. The molecular weight excluding hydrogens is 364 g/mol. The molecule has 0 fully saturated rings. The molecule has 3 aromatic carbocycles. The van der Waals surface area contributed by atoms with Crippen LogP contribution in [-0.2, 0) is 6.54 Å². The quantitative estimate of drug-likeness (QED) is 0.501. The predicted molar refractivity (Wildman–Crippen MR) is 112 cm³/mol. The zero-order valence-corrected chi connectivity index (χ0v) is 15.2. The van der Waals surface area contributed by atoms with Gasteiger partial charge in [0.15, 0.2) is 11.2 Å². The highest BCUT2D eigenvalue weighted by Crippen LogP contribution is 2.45. The first-order valence-corrected chi connectivity index (χ1v) is 9.32. The van der Waals surface area contributed by atoms with Crippen LogP contribution in [0.5, 0.6) is 0 Å². The Bertz CT molecular complexity index is 1560. The summed E-state index contributed by atoms with van der Waals surface area (Å²) < 4.78 is 1.47. The summed E-state index contributed by atoms with van der Waals surface area (Å²) >= 11 is 0. The van der Waals surface area contributed by atoms with Crippen molar-refractivity contribution in [2.24, 2.45) is 0 Å². The lowest BCUT2D eigenvalue weighted by atomic mass is 10.0. The minimum absolute atomic E-state index is 0.170. The van der Waals surface area contributed by atoms with E-state index in [1.54, 1.807) is 0 Å². The Labute approximate surface area is 164 Å². The topological polar surface area (TPSA) is 80.6 Å². The van der Waals surface area contributed by atoms with Gasteiger partial charge in [0, 0.05) is 16.5 Å². The van der Waals surface area contributed by atoms with Crippen LogP contribution in [0.3, 0.4) is 0 Å². The van der Waals surface area contributed by atoms with Gasteiger partial charge in [0.2, 0.25) is 0 Å². The van der Waals surface area contributed by atoms with Crippen LogP contribution >= 0.6 is 0 Å². The third kappa shape index (κ3) is 2.23. The molecule has 0 unspecified atom stereocenters. The molecule has 138 valence electrons. The van der Waals surface area contributed by atoms with Gasteiger partial charge in [-0.05, 0) is 10.9 Å². The molecule has 1 aliphatic carbocycles. The molecule has 2 aromatic heterocycles. The molecule has 0 saturated heterocycles. The van der Waals surface area contributed by atoms with Crippen LogP contribution in [0.1, 0.15) is 5.56 Å². The fourth-order valence-electron chi connectivity index (χ4n) is 4.11. The van der Waals surface area contributed by atoms with E-state index in [0.717, 1.165) is 27.5 Å². The lowest BCUT2D eigenvalue weighted by Crippen LogP contribution is -2.32. The maximum Gasteiger partial charge on any atom is 0.330 e. The average Bonchev–Trinajstić information content (AvgIpc) is 3.06. The standard InChI is InChI=1S/C23H14N4O2/c28-22-20-21(27(23(29)26-22)12-13-6-2-1-3-7-13)25-19-16-11-5-9-14-8-4-10-15(17(14)16)18(19)24-20/h1-11H,12H2,(H,26,28,29). The third-order valence-electron chi connectivity index (χ3n) is 5.41. The number of benzene rings is 3. The van der Waals surface area contributed by atoms with Gasteiger partial charge in [0.25, 0.3) is 5.56 Å². The maximum absolute atomic E-state index is 12.6. The van der Waals surface area contributed by atoms with Crippen molar-refractivity contribution < 1.29 is 0 Å². The van der Waals surface area contributed by atoms with E-state index in [2.05, 4.69) is 9.97 Å². The molecule has 6 heteroatoms. The van der Waals surface area contributed by atoms with Crippen molar-refractivity contribution in [3.8, 4) is 22.5 Å². The molecule has 2 heterocycles. The molecule has 0 radical (unpaired) electrons. The molecule has 0 saturated carbocycles. The first-order chi connectivity index (χ1) is 14.2. The molecular formula is C23H14N4O2. The lowest BCUT2D eigenvalue weighted by Gasteiger charge is -2.10. The average molecular weight is 378 g/mol. The largest absolute Gasteiger partial charge is 0.330 e. The zero-order valence-electron chi connectivity index (χ0n) is 15.2. The number of aromatic amines is 1. The van der Waals surface area contributed by atoms with Gasteiger partial charge < -0.3 is 0 Å². The number of aromatic nitrogens is 4. The van der Waals surface area contributed by atoms with E-state index >= 15 is 0 Å². The fourth-order valence-corrected chi connectivity index (χ4v) is 4.11. The van der Waals surface area contributed by atoms with Crippen LogP contribution in [0, 0.1) is 0 Å². The molecule has 0 atom stereocenters. The van der Waals surface area contributed by atoms with Gasteiger partial charge in [-0.25, -0.2) is 14.8 Å². The van der Waals surface area contributed by atoms with Crippen molar-refractivity contribution in [3.63, 3.8) is 0 Å². The van der Waals surface area contributed by atoms with Gasteiger partial charge in [-0.3, -0.25) is 14.3 Å². The summed E-state index contributed by atoms with van der Waals surface area (Å²) in [4.78, 5) is 37.0. The monoisotopic (exact) mass is 378 g/mol. The van der Waals surface area contributed by atoms with E-state index in [0.29, 0.717) is 23.6 Å². The Balaban J connectivity index is 1.69. The van der Waals surface area contributed by atoms with Crippen LogP contribution in [0.15, 0.2) is 76.3 Å². The first kappa shape index (κ1) is 15.9. The SMILES string of the molecule is O=c1[nH]c(=O)n(Cc2ccccc2)c2nc3c(nc12)-c1cccc2cccc-3c12. The Morgan fingerprint density at radius 2 is 1.48 bits per heavy atom. The Morgan fingerprint density at radius 3 is 2.21 bits per heavy atom. The van der Waals surface area contributed by atoms with Crippen LogP contribution < -0.4 is 11.2 Å². The van der Waals surface area contributed by atoms with Gasteiger partial charge in [-0.1, -0.05) is 66.7 Å². The van der Waals surface area contributed by atoms with Gasteiger partial charge >= 0.3 is 5.69 Å². The summed E-state index contributed by atoms with van der Waals surface area (Å²) in [6.45, 7) is 0.303. The highest BCUT2D eigenvalue weighted by molar-refractivity contribution is 6.13. The van der Waals surface area contributed by atoms with Crippen LogP contribution in [0.2, 0.25) is 0 Å². The highest BCUT2D eigenvalue weighted by Gasteiger charge is 2.26. The summed E-state index contributed by atoms with van der Waals surface area (Å²) in [5.41, 5.74) is 3.72. The van der Waals surface area contributed by atoms with Crippen LogP contribution in [-0.4, -0.2) is 19.5 Å². The highest BCUT2D eigenvalue weighted by atomic mass is 16.2. The number of H-pyrrole nitrogens is 1. The number of rotatable bonds is 2. The fraction of sp³-hybridized carbons (Fsp3) is 0.0435. The summed E-state index contributed by atoms with van der Waals surface area (Å²) in [5.74, 6) is 0. The molecule has 1 aliphatic rings. The van der Waals surface area contributed by atoms with Crippen molar-refractivity contribution in [1.82, 2.24) is 19.5 Å². The smallest absolute Gasteiger partial charge is 0.272 e. The van der Waals surface area contributed by atoms with E-state index in [4.69, 9.17) is 4.98 Å². The molecule has 5 aromatic rings. The van der Waals surface area contributed by atoms with E-state index in [9.17, 15) is 9.59 Å². The van der Waals surface area contributed by atoms with Crippen molar-refractivity contribution >= 4 is 21.9 Å². The number of hydrogen-bond acceptors (Lipinski definition) is 4. The van der Waals surface area contributed by atoms with Crippen molar-refractivity contribution in [2.45, 2.75) is 6.54 Å². The van der Waals surface area contributed by atoms with E-state index < -0.39 is 11.2 Å². The summed E-state index contributed by atoms with van der Waals surface area (Å²) in [5, 5.41) is 2.17. The van der Waals surface area contributed by atoms with Crippen LogP contribution in [0.4, 0.5) is 0 Å². The Hall–Kier alpha value is -4.06. The first-order valence-electron chi connectivity index (χ1n) is 9.32. The summed E-state index contributed by atoms with van der Waals surface area (Å²) in [6.07, 6.45) is 0. The predicted octanol–water partition coefficient (Wildman–Crippen LogP) is 3.33. The molecule has 0 aliphatic heterocycles. The van der Waals surface area contributed by atoms with Crippen LogP contribution in [0.25, 0.3) is 44.5 Å². The number of hydrogen-bond donors (Lipinski definition) is 1. The molecule has 6 nitrogen and oxygen atoms in total. The van der Waals surface area contributed by atoms with E-state index in [1.807, 2.05) is 66.7 Å². The number of nitrogens with one attached hydrogen (secondary N) is 1. The molecule has 29 heavy (non-hydrogen) atoms. The van der Waals surface area contributed by atoms with E-state index in [1.165, 1.54) is 4.57 Å². The van der Waals surface area contributed by atoms with Crippen molar-refractivity contribution in [3.05, 3.63) is 93.1 Å². The normalized spacial score (nSPS) is 11.9. The second-order valence-corrected chi connectivity index (χ2v) is 7.13. The van der Waals surface area contributed by atoms with Crippen molar-refractivity contribution in [1.29, 1.82) is 0 Å². The number of fused-ring (bicyclic) bond motifs is 4. The maximum atomic E-state index is 12.6. The summed E-state index contributed by atoms with van der Waals surface area (Å²) in [6, 6.07) is 21.7. The lowest BCUT2D eigenvalue weighted by molar-refractivity contribution is 0.744. The van der Waals surface area contributed by atoms with Gasteiger partial charge in [0.05, 0.1) is 17.9 Å². The second-order valence-electron chi connectivity index (χ2n) is 7.13. The van der Waals surface area contributed by atoms with Crippen molar-refractivity contribution in [2.75, 3.05) is 0 Å². The molecule has 0 spiro atoms. The minimum atomic E-state index is -0.521. The molecule has 0 amide bonds. The Morgan fingerprint density at radius 1 is 0.793 bits per heavy atom. The Kier molecular flexibility index (Phi) is 3.14. The zero-order chi connectivity index (χ0) is 19.5. The second kappa shape index (κ2) is 5.72. The van der Waals surface area contributed by atoms with Gasteiger partial charge in [-0.2, -0.15) is 0 Å².